The maximum atomic E-state index is 12.1. The first-order valence-electron chi connectivity index (χ1n) is 6.34. The zero-order valence-corrected chi connectivity index (χ0v) is 13.0. The molecule has 0 aliphatic carbocycles. The molecule has 7 heteroatoms. The van der Waals surface area contributed by atoms with Gasteiger partial charge in [-0.3, -0.25) is 9.59 Å². The number of benzene rings is 1. The summed E-state index contributed by atoms with van der Waals surface area (Å²) in [6.45, 7) is 5.29. The van der Waals surface area contributed by atoms with Crippen LogP contribution in [0.15, 0.2) is 29.2 Å². The quantitative estimate of drug-likeness (QED) is 0.844. The first-order chi connectivity index (χ1) is 9.49. The number of nitrogens with one attached hydrogen (secondary N) is 1. The molecule has 0 saturated heterocycles. The lowest BCUT2D eigenvalue weighted by Crippen LogP contribution is -2.43. The molecule has 0 fully saturated rings. The highest BCUT2D eigenvalue weighted by atomic mass is 32.2. The highest BCUT2D eigenvalue weighted by molar-refractivity contribution is 7.92. The molecule has 21 heavy (non-hydrogen) atoms. The van der Waals surface area contributed by atoms with Crippen LogP contribution >= 0.6 is 0 Å². The number of aliphatic carboxylic acids is 1. The van der Waals surface area contributed by atoms with E-state index in [0.29, 0.717) is 5.56 Å². The maximum Gasteiger partial charge on any atom is 0.307 e. The Morgan fingerprint density at radius 3 is 2.10 bits per heavy atom. The predicted octanol–water partition coefficient (Wildman–Crippen LogP) is 1.00. The van der Waals surface area contributed by atoms with Gasteiger partial charge in [0.15, 0.2) is 9.84 Å². The predicted molar refractivity (Wildman–Crippen MR) is 77.7 cm³/mol. The smallest absolute Gasteiger partial charge is 0.307 e. The molecule has 0 spiro atoms. The number of amides is 1. The summed E-state index contributed by atoms with van der Waals surface area (Å²) in [7, 11) is -3.74. The van der Waals surface area contributed by atoms with Crippen LogP contribution in [0.1, 0.15) is 26.3 Å². The SMILES string of the molecule is CC(C)(C)NC(=O)CS(=O)(=O)c1ccc(CC(=O)O)cc1. The largest absolute Gasteiger partial charge is 0.481 e. The first kappa shape index (κ1) is 17.2. The summed E-state index contributed by atoms with van der Waals surface area (Å²) in [6, 6.07) is 5.50. The van der Waals surface area contributed by atoms with E-state index >= 15 is 0 Å². The van der Waals surface area contributed by atoms with Crippen molar-refractivity contribution >= 4 is 21.7 Å². The number of carbonyl (C=O) groups is 2. The van der Waals surface area contributed by atoms with Crippen LogP contribution in [0, 0.1) is 0 Å². The molecule has 0 aromatic heterocycles. The topological polar surface area (TPSA) is 101 Å². The second-order valence-corrected chi connectivity index (χ2v) is 7.76. The van der Waals surface area contributed by atoms with Crippen LogP contribution in [0.5, 0.6) is 0 Å². The minimum absolute atomic E-state index is 0.000646. The van der Waals surface area contributed by atoms with Gasteiger partial charge in [0, 0.05) is 5.54 Å². The Morgan fingerprint density at radius 2 is 1.67 bits per heavy atom. The van der Waals surface area contributed by atoms with Gasteiger partial charge in [0.25, 0.3) is 0 Å². The molecule has 0 radical (unpaired) electrons. The van der Waals surface area contributed by atoms with E-state index in [9.17, 15) is 18.0 Å². The third-order valence-corrected chi connectivity index (χ3v) is 4.11. The maximum absolute atomic E-state index is 12.1. The third-order valence-electron chi connectivity index (χ3n) is 2.47. The zero-order chi connectivity index (χ0) is 16.3. The summed E-state index contributed by atoms with van der Waals surface area (Å²) in [5, 5.41) is 11.2. The van der Waals surface area contributed by atoms with Gasteiger partial charge in [0.1, 0.15) is 5.75 Å². The molecule has 0 heterocycles. The molecule has 0 atom stereocenters. The molecular weight excluding hydrogens is 294 g/mol. The molecule has 6 nitrogen and oxygen atoms in total. The molecule has 0 bridgehead atoms. The minimum Gasteiger partial charge on any atom is -0.481 e. The molecule has 116 valence electrons. The van der Waals surface area contributed by atoms with Crippen molar-refractivity contribution in [1.82, 2.24) is 5.32 Å². The van der Waals surface area contributed by atoms with Gasteiger partial charge in [-0.2, -0.15) is 0 Å². The molecule has 0 saturated carbocycles. The Morgan fingerprint density at radius 1 is 1.14 bits per heavy atom. The minimum atomic E-state index is -3.74. The number of carboxylic acids is 1. The number of rotatable bonds is 5. The summed E-state index contributed by atoms with van der Waals surface area (Å²) in [5.41, 5.74) is -0.00149. The van der Waals surface area contributed by atoms with Crippen LogP contribution in [-0.4, -0.2) is 36.7 Å². The van der Waals surface area contributed by atoms with E-state index in [0.717, 1.165) is 0 Å². The Hall–Kier alpha value is -1.89. The second-order valence-electron chi connectivity index (χ2n) is 5.77. The lowest BCUT2D eigenvalue weighted by atomic mass is 10.1. The Bertz CT molecular complexity index is 626. The fourth-order valence-corrected chi connectivity index (χ4v) is 2.83. The highest BCUT2D eigenvalue weighted by Gasteiger charge is 2.22. The molecule has 1 aromatic carbocycles. The van der Waals surface area contributed by atoms with Gasteiger partial charge >= 0.3 is 5.97 Å². The number of sulfone groups is 1. The van der Waals surface area contributed by atoms with Crippen LogP contribution in [0.25, 0.3) is 0 Å². The van der Waals surface area contributed by atoms with Gasteiger partial charge in [-0.05, 0) is 38.5 Å². The summed E-state index contributed by atoms with van der Waals surface area (Å²) in [6.07, 6.45) is -0.176. The molecule has 1 rings (SSSR count). The van der Waals surface area contributed by atoms with Gasteiger partial charge in [0.2, 0.25) is 5.91 Å². The first-order valence-corrected chi connectivity index (χ1v) is 7.99. The monoisotopic (exact) mass is 313 g/mol. The van der Waals surface area contributed by atoms with Gasteiger partial charge in [0.05, 0.1) is 11.3 Å². The molecule has 0 aliphatic heterocycles. The molecule has 2 N–H and O–H groups in total. The lowest BCUT2D eigenvalue weighted by Gasteiger charge is -2.20. The van der Waals surface area contributed by atoms with E-state index in [1.807, 2.05) is 0 Å². The lowest BCUT2D eigenvalue weighted by molar-refractivity contribution is -0.136. The van der Waals surface area contributed by atoms with Crippen LogP contribution < -0.4 is 5.32 Å². The van der Waals surface area contributed by atoms with Crippen molar-refractivity contribution in [3.05, 3.63) is 29.8 Å². The van der Waals surface area contributed by atoms with E-state index in [2.05, 4.69) is 5.32 Å². The number of carbonyl (C=O) groups excluding carboxylic acids is 1. The van der Waals surface area contributed by atoms with Crippen molar-refractivity contribution < 1.29 is 23.1 Å². The van der Waals surface area contributed by atoms with Crippen molar-refractivity contribution in [3.63, 3.8) is 0 Å². The normalized spacial score (nSPS) is 12.0. The van der Waals surface area contributed by atoms with Crippen LogP contribution in [0.4, 0.5) is 0 Å². The van der Waals surface area contributed by atoms with Crippen molar-refractivity contribution in [1.29, 1.82) is 0 Å². The van der Waals surface area contributed by atoms with Crippen molar-refractivity contribution in [3.8, 4) is 0 Å². The average Bonchev–Trinajstić information content (AvgIpc) is 2.24. The summed E-state index contributed by atoms with van der Waals surface area (Å²) in [5.74, 6) is -2.20. The summed E-state index contributed by atoms with van der Waals surface area (Å²) >= 11 is 0. The van der Waals surface area contributed by atoms with Crippen LogP contribution in [0.2, 0.25) is 0 Å². The molecular formula is C14H19NO5S. The highest BCUT2D eigenvalue weighted by Crippen LogP contribution is 2.13. The van der Waals surface area contributed by atoms with E-state index in [4.69, 9.17) is 5.11 Å². The Balaban J connectivity index is 2.83. The summed E-state index contributed by atoms with van der Waals surface area (Å²) in [4.78, 5) is 22.3. The second kappa shape index (κ2) is 6.26. The van der Waals surface area contributed by atoms with E-state index in [1.54, 1.807) is 20.8 Å². The van der Waals surface area contributed by atoms with E-state index in [1.165, 1.54) is 24.3 Å². The Kier molecular flexibility index (Phi) is 5.11. The van der Waals surface area contributed by atoms with Gasteiger partial charge < -0.3 is 10.4 Å². The number of hydrogen-bond acceptors (Lipinski definition) is 4. The van der Waals surface area contributed by atoms with Crippen molar-refractivity contribution in [2.45, 2.75) is 37.6 Å². The fraction of sp³-hybridized carbons (Fsp3) is 0.429. The van der Waals surface area contributed by atoms with Gasteiger partial charge in [-0.25, -0.2) is 8.42 Å². The van der Waals surface area contributed by atoms with Crippen LogP contribution in [-0.2, 0) is 25.8 Å². The molecule has 1 aromatic rings. The van der Waals surface area contributed by atoms with Gasteiger partial charge in [-0.15, -0.1) is 0 Å². The zero-order valence-electron chi connectivity index (χ0n) is 12.2. The summed E-state index contributed by atoms with van der Waals surface area (Å²) < 4.78 is 24.2. The van der Waals surface area contributed by atoms with Gasteiger partial charge in [-0.1, -0.05) is 12.1 Å². The number of hydrogen-bond donors (Lipinski definition) is 2. The Labute approximate surface area is 124 Å². The molecule has 0 aliphatic rings. The third kappa shape index (κ3) is 5.95. The van der Waals surface area contributed by atoms with Crippen molar-refractivity contribution in [2.75, 3.05) is 5.75 Å². The number of carboxylic acid groups (broad SMARTS) is 1. The van der Waals surface area contributed by atoms with Crippen molar-refractivity contribution in [2.24, 2.45) is 0 Å². The standard InChI is InChI=1S/C14H19NO5S/c1-14(2,3)15-12(16)9-21(19,20)11-6-4-10(5-7-11)8-13(17)18/h4-7H,8-9H2,1-3H3,(H,15,16)(H,17,18). The molecule has 0 unspecified atom stereocenters. The van der Waals surface area contributed by atoms with Crippen LogP contribution in [0.3, 0.4) is 0 Å². The average molecular weight is 313 g/mol. The van der Waals surface area contributed by atoms with E-state index < -0.39 is 33.0 Å². The van der Waals surface area contributed by atoms with E-state index in [-0.39, 0.29) is 11.3 Å². The fourth-order valence-electron chi connectivity index (χ4n) is 1.70. The molecule has 1 amide bonds.